The number of ether oxygens (including phenoxy) is 1. The Morgan fingerprint density at radius 2 is 2.21 bits per heavy atom. The van der Waals surface area contributed by atoms with Crippen LogP contribution in [0, 0.1) is 5.92 Å². The highest BCUT2D eigenvalue weighted by Crippen LogP contribution is 2.13. The number of methoxy groups -OCH3 is 1. The van der Waals surface area contributed by atoms with Crippen LogP contribution >= 0.6 is 0 Å². The van der Waals surface area contributed by atoms with Crippen LogP contribution in [-0.4, -0.2) is 43.8 Å². The lowest BCUT2D eigenvalue weighted by Gasteiger charge is -2.21. The smallest absolute Gasteiger partial charge is 0.0710 e. The van der Waals surface area contributed by atoms with Crippen LogP contribution in [0.3, 0.4) is 0 Å². The van der Waals surface area contributed by atoms with Gasteiger partial charge < -0.3 is 10.5 Å². The molecule has 0 saturated carbocycles. The number of likely N-dealkylation sites (tertiary alicyclic amines) is 1. The van der Waals surface area contributed by atoms with Gasteiger partial charge in [0, 0.05) is 32.8 Å². The predicted molar refractivity (Wildman–Crippen MR) is 59.3 cm³/mol. The Bertz CT molecular complexity index is 161. The van der Waals surface area contributed by atoms with Crippen molar-refractivity contribution in [2.75, 3.05) is 26.7 Å². The first-order chi connectivity index (χ1) is 6.61. The average Bonchev–Trinajstić information content (AvgIpc) is 2.50. The van der Waals surface area contributed by atoms with E-state index in [4.69, 9.17) is 10.5 Å². The monoisotopic (exact) mass is 200 g/mol. The van der Waals surface area contributed by atoms with Gasteiger partial charge in [0.05, 0.1) is 6.10 Å². The Morgan fingerprint density at radius 3 is 2.71 bits per heavy atom. The van der Waals surface area contributed by atoms with Gasteiger partial charge in [-0.2, -0.15) is 0 Å². The average molecular weight is 200 g/mol. The van der Waals surface area contributed by atoms with Gasteiger partial charge in [-0.3, -0.25) is 4.90 Å². The molecule has 3 heteroatoms. The number of nitrogens with two attached hydrogens (primary N) is 1. The Balaban J connectivity index is 2.18. The molecule has 0 amide bonds. The third-order valence-electron chi connectivity index (χ3n) is 2.83. The van der Waals surface area contributed by atoms with E-state index in [0.717, 1.165) is 32.5 Å². The normalized spacial score (nSPS) is 25.9. The van der Waals surface area contributed by atoms with Crippen molar-refractivity contribution in [3.63, 3.8) is 0 Å². The predicted octanol–water partition coefficient (Wildman–Crippen LogP) is 1.08. The van der Waals surface area contributed by atoms with Crippen LogP contribution in [0.5, 0.6) is 0 Å². The molecule has 0 aromatic heterocycles. The number of hydrogen-bond donors (Lipinski definition) is 1. The van der Waals surface area contributed by atoms with E-state index in [0.29, 0.717) is 18.1 Å². The second-order valence-electron chi connectivity index (χ2n) is 4.80. The third-order valence-corrected chi connectivity index (χ3v) is 2.83. The highest BCUT2D eigenvalue weighted by atomic mass is 16.5. The molecule has 3 nitrogen and oxygen atoms in total. The number of nitrogens with zero attached hydrogens (tertiary/aromatic N) is 1. The summed E-state index contributed by atoms with van der Waals surface area (Å²) in [6.45, 7) is 7.67. The molecule has 1 heterocycles. The van der Waals surface area contributed by atoms with Crippen molar-refractivity contribution < 1.29 is 4.74 Å². The lowest BCUT2D eigenvalue weighted by Crippen LogP contribution is -2.37. The van der Waals surface area contributed by atoms with Crippen molar-refractivity contribution in [2.24, 2.45) is 11.7 Å². The van der Waals surface area contributed by atoms with E-state index in [9.17, 15) is 0 Å². The first-order valence-corrected chi connectivity index (χ1v) is 5.62. The molecule has 1 aliphatic heterocycles. The summed E-state index contributed by atoms with van der Waals surface area (Å²) >= 11 is 0. The number of rotatable bonds is 5. The summed E-state index contributed by atoms with van der Waals surface area (Å²) < 4.78 is 5.32. The maximum atomic E-state index is 6.06. The van der Waals surface area contributed by atoms with E-state index in [1.807, 2.05) is 0 Å². The molecular weight excluding hydrogens is 176 g/mol. The molecule has 1 aliphatic rings. The van der Waals surface area contributed by atoms with Gasteiger partial charge in [0.2, 0.25) is 0 Å². The van der Waals surface area contributed by atoms with Crippen LogP contribution in [-0.2, 0) is 4.74 Å². The van der Waals surface area contributed by atoms with Crippen molar-refractivity contribution in [1.82, 2.24) is 4.90 Å². The van der Waals surface area contributed by atoms with Crippen LogP contribution in [0.15, 0.2) is 0 Å². The minimum absolute atomic E-state index is 0.325. The molecule has 0 aromatic rings. The largest absolute Gasteiger partial charge is 0.380 e. The van der Waals surface area contributed by atoms with Crippen molar-refractivity contribution >= 4 is 0 Å². The zero-order chi connectivity index (χ0) is 10.6. The summed E-state index contributed by atoms with van der Waals surface area (Å²) in [4.78, 5) is 2.42. The van der Waals surface area contributed by atoms with Crippen LogP contribution in [0.2, 0.25) is 0 Å². The topological polar surface area (TPSA) is 38.5 Å². The van der Waals surface area contributed by atoms with E-state index in [1.165, 1.54) is 0 Å². The van der Waals surface area contributed by atoms with Gasteiger partial charge in [-0.25, -0.2) is 0 Å². The highest BCUT2D eigenvalue weighted by Gasteiger charge is 2.23. The molecule has 1 saturated heterocycles. The molecule has 1 rings (SSSR count). The van der Waals surface area contributed by atoms with Crippen molar-refractivity contribution in [2.45, 2.75) is 38.8 Å². The number of hydrogen-bond acceptors (Lipinski definition) is 3. The molecular formula is C11H24N2O. The fourth-order valence-corrected chi connectivity index (χ4v) is 2.17. The maximum absolute atomic E-state index is 6.06. The van der Waals surface area contributed by atoms with Gasteiger partial charge in [-0.05, 0) is 18.8 Å². The first kappa shape index (κ1) is 12.0. The summed E-state index contributed by atoms with van der Waals surface area (Å²) in [5.74, 6) is 0.700. The van der Waals surface area contributed by atoms with E-state index >= 15 is 0 Å². The second kappa shape index (κ2) is 5.69. The van der Waals surface area contributed by atoms with Crippen LogP contribution < -0.4 is 5.73 Å². The molecule has 14 heavy (non-hydrogen) atoms. The summed E-state index contributed by atoms with van der Waals surface area (Å²) in [6.07, 6.45) is 2.71. The standard InChI is InChI=1S/C11H24N2O/c1-9(2)6-10(12)7-13-5-4-11(8-13)14-3/h9-11H,4-8,12H2,1-3H3. The Kier molecular flexibility index (Phi) is 4.85. The Labute approximate surface area is 87.6 Å². The van der Waals surface area contributed by atoms with Crippen molar-refractivity contribution in [3.05, 3.63) is 0 Å². The third kappa shape index (κ3) is 3.95. The molecule has 0 bridgehead atoms. The van der Waals surface area contributed by atoms with Crippen molar-refractivity contribution in [1.29, 1.82) is 0 Å². The lowest BCUT2D eigenvalue weighted by atomic mass is 10.0. The summed E-state index contributed by atoms with van der Waals surface area (Å²) in [6, 6.07) is 0.325. The maximum Gasteiger partial charge on any atom is 0.0710 e. The summed E-state index contributed by atoms with van der Waals surface area (Å²) in [5.41, 5.74) is 6.06. The van der Waals surface area contributed by atoms with Crippen LogP contribution in [0.25, 0.3) is 0 Å². The zero-order valence-electron chi connectivity index (χ0n) is 9.70. The van der Waals surface area contributed by atoms with E-state index in [1.54, 1.807) is 7.11 Å². The quantitative estimate of drug-likeness (QED) is 0.722. The molecule has 2 unspecified atom stereocenters. The van der Waals surface area contributed by atoms with E-state index in [-0.39, 0.29) is 0 Å². The van der Waals surface area contributed by atoms with Crippen LogP contribution in [0.1, 0.15) is 26.7 Å². The fraction of sp³-hybridized carbons (Fsp3) is 1.00. The highest BCUT2D eigenvalue weighted by molar-refractivity contribution is 4.79. The molecule has 2 atom stereocenters. The van der Waals surface area contributed by atoms with Gasteiger partial charge in [-0.1, -0.05) is 13.8 Å². The Hall–Kier alpha value is -0.120. The molecule has 0 spiro atoms. The molecule has 0 aliphatic carbocycles. The summed E-state index contributed by atoms with van der Waals surface area (Å²) in [7, 11) is 1.79. The van der Waals surface area contributed by atoms with Crippen molar-refractivity contribution in [3.8, 4) is 0 Å². The van der Waals surface area contributed by atoms with E-state index < -0.39 is 0 Å². The molecule has 0 radical (unpaired) electrons. The first-order valence-electron chi connectivity index (χ1n) is 5.62. The second-order valence-corrected chi connectivity index (χ2v) is 4.80. The Morgan fingerprint density at radius 1 is 1.50 bits per heavy atom. The summed E-state index contributed by atoms with van der Waals surface area (Å²) in [5, 5.41) is 0. The zero-order valence-corrected chi connectivity index (χ0v) is 9.70. The minimum atomic E-state index is 0.325. The molecule has 0 aromatic carbocycles. The fourth-order valence-electron chi connectivity index (χ4n) is 2.17. The molecule has 1 fully saturated rings. The van der Waals surface area contributed by atoms with Gasteiger partial charge in [0.25, 0.3) is 0 Å². The molecule has 84 valence electrons. The van der Waals surface area contributed by atoms with Gasteiger partial charge in [0.1, 0.15) is 0 Å². The lowest BCUT2D eigenvalue weighted by molar-refractivity contribution is 0.107. The van der Waals surface area contributed by atoms with Gasteiger partial charge in [-0.15, -0.1) is 0 Å². The van der Waals surface area contributed by atoms with E-state index in [2.05, 4.69) is 18.7 Å². The van der Waals surface area contributed by atoms with Gasteiger partial charge >= 0.3 is 0 Å². The molecule has 2 N–H and O–H groups in total. The SMILES string of the molecule is COC1CCN(CC(N)CC(C)C)C1. The van der Waals surface area contributed by atoms with Gasteiger partial charge in [0.15, 0.2) is 0 Å². The minimum Gasteiger partial charge on any atom is -0.380 e. The van der Waals surface area contributed by atoms with Crippen LogP contribution in [0.4, 0.5) is 0 Å².